The Morgan fingerprint density at radius 2 is 1.92 bits per heavy atom. The number of aromatic nitrogens is 3. The molecule has 2 aromatic heterocycles. The molecule has 0 aliphatic rings. The van der Waals surface area contributed by atoms with Crippen LogP contribution in [0.5, 0.6) is 0 Å². The topological polar surface area (TPSA) is 117 Å². The molecular formula is C16H12N6O2. The second kappa shape index (κ2) is 6.58. The van der Waals surface area contributed by atoms with Crippen LogP contribution in [0.4, 0.5) is 17.5 Å². The first kappa shape index (κ1) is 15.2. The van der Waals surface area contributed by atoms with E-state index in [0.29, 0.717) is 28.7 Å². The molecule has 0 aliphatic carbocycles. The molecule has 8 nitrogen and oxygen atoms in total. The van der Waals surface area contributed by atoms with Gasteiger partial charge in [-0.05, 0) is 31.2 Å². The molecule has 8 heteroatoms. The summed E-state index contributed by atoms with van der Waals surface area (Å²) in [5, 5.41) is 18.0. The molecular weight excluding hydrogens is 308 g/mol. The molecule has 0 aliphatic heterocycles. The molecule has 3 aromatic rings. The van der Waals surface area contributed by atoms with Gasteiger partial charge in [-0.1, -0.05) is 5.16 Å². The van der Waals surface area contributed by atoms with Crippen molar-refractivity contribution in [1.29, 1.82) is 5.26 Å². The van der Waals surface area contributed by atoms with E-state index in [0.717, 1.165) is 5.69 Å². The maximum absolute atomic E-state index is 12.0. The van der Waals surface area contributed by atoms with E-state index in [4.69, 9.17) is 9.78 Å². The van der Waals surface area contributed by atoms with Crippen LogP contribution in [0.2, 0.25) is 0 Å². The molecule has 118 valence electrons. The number of carbonyl (C=O) groups is 1. The highest BCUT2D eigenvalue weighted by atomic mass is 16.5. The zero-order valence-corrected chi connectivity index (χ0v) is 12.6. The predicted octanol–water partition coefficient (Wildman–Crippen LogP) is 2.64. The van der Waals surface area contributed by atoms with Crippen molar-refractivity contribution in [3.8, 4) is 6.07 Å². The van der Waals surface area contributed by atoms with Crippen LogP contribution < -0.4 is 10.6 Å². The van der Waals surface area contributed by atoms with Crippen LogP contribution in [-0.4, -0.2) is 21.0 Å². The van der Waals surface area contributed by atoms with E-state index in [1.807, 2.05) is 6.07 Å². The molecule has 0 saturated carbocycles. The van der Waals surface area contributed by atoms with Crippen LogP contribution in [0.15, 0.2) is 47.2 Å². The normalized spacial score (nSPS) is 10.0. The van der Waals surface area contributed by atoms with Gasteiger partial charge in [0.1, 0.15) is 5.76 Å². The molecule has 2 heterocycles. The summed E-state index contributed by atoms with van der Waals surface area (Å²) < 4.78 is 4.88. The van der Waals surface area contributed by atoms with Crippen molar-refractivity contribution in [2.75, 3.05) is 10.6 Å². The second-order valence-electron chi connectivity index (χ2n) is 4.89. The molecule has 24 heavy (non-hydrogen) atoms. The number of hydrogen-bond acceptors (Lipinski definition) is 7. The van der Waals surface area contributed by atoms with Gasteiger partial charge in [0.2, 0.25) is 5.95 Å². The first-order valence-electron chi connectivity index (χ1n) is 6.98. The maximum atomic E-state index is 12.0. The van der Waals surface area contributed by atoms with Gasteiger partial charge in [-0.3, -0.25) is 4.79 Å². The quantitative estimate of drug-likeness (QED) is 0.758. The Morgan fingerprint density at radius 3 is 2.50 bits per heavy atom. The Hall–Kier alpha value is -3.73. The van der Waals surface area contributed by atoms with Crippen LogP contribution in [0.25, 0.3) is 0 Å². The van der Waals surface area contributed by atoms with Crippen LogP contribution >= 0.6 is 0 Å². The minimum Gasteiger partial charge on any atom is -0.360 e. The number of nitrogens with one attached hydrogen (secondary N) is 2. The zero-order chi connectivity index (χ0) is 16.9. The third kappa shape index (κ3) is 3.53. The largest absolute Gasteiger partial charge is 0.360 e. The van der Waals surface area contributed by atoms with E-state index in [9.17, 15) is 4.79 Å². The minimum atomic E-state index is -0.381. The molecule has 1 amide bonds. The minimum absolute atomic E-state index is 0.293. The Kier molecular flexibility index (Phi) is 4.16. The number of amides is 1. The summed E-state index contributed by atoms with van der Waals surface area (Å²) in [7, 11) is 0. The van der Waals surface area contributed by atoms with Crippen LogP contribution in [-0.2, 0) is 0 Å². The van der Waals surface area contributed by atoms with Crippen molar-refractivity contribution in [2.24, 2.45) is 0 Å². The van der Waals surface area contributed by atoms with Crippen molar-refractivity contribution < 1.29 is 9.32 Å². The van der Waals surface area contributed by atoms with Crippen molar-refractivity contribution in [3.05, 3.63) is 59.6 Å². The van der Waals surface area contributed by atoms with Gasteiger partial charge in [-0.2, -0.15) is 5.26 Å². The SMILES string of the molecule is Cc1cc(NC(=O)c2cnc(Nc3ccc(C#N)cc3)nc2)no1. The summed E-state index contributed by atoms with van der Waals surface area (Å²) in [6, 6.07) is 10.5. The molecule has 0 spiro atoms. The Labute approximate surface area is 137 Å². The van der Waals surface area contributed by atoms with Gasteiger partial charge < -0.3 is 15.2 Å². The Bertz CT molecular complexity index is 894. The summed E-state index contributed by atoms with van der Waals surface area (Å²) in [4.78, 5) is 20.2. The number of carbonyl (C=O) groups excluding carboxylic acids is 1. The molecule has 3 rings (SSSR count). The highest BCUT2D eigenvalue weighted by Gasteiger charge is 2.10. The van der Waals surface area contributed by atoms with E-state index in [1.54, 1.807) is 37.3 Å². The molecule has 0 unspecified atom stereocenters. The lowest BCUT2D eigenvalue weighted by Gasteiger charge is -2.05. The van der Waals surface area contributed by atoms with Gasteiger partial charge in [-0.25, -0.2) is 9.97 Å². The lowest BCUT2D eigenvalue weighted by molar-refractivity contribution is 0.102. The van der Waals surface area contributed by atoms with Crippen LogP contribution in [0.1, 0.15) is 21.7 Å². The van der Waals surface area contributed by atoms with Gasteiger partial charge >= 0.3 is 0 Å². The smallest absolute Gasteiger partial charge is 0.260 e. The van der Waals surface area contributed by atoms with Gasteiger partial charge in [0.25, 0.3) is 5.91 Å². The summed E-state index contributed by atoms with van der Waals surface area (Å²) in [6.07, 6.45) is 2.81. The fraction of sp³-hybridized carbons (Fsp3) is 0.0625. The molecule has 0 fully saturated rings. The van der Waals surface area contributed by atoms with Crippen LogP contribution in [0, 0.1) is 18.3 Å². The van der Waals surface area contributed by atoms with E-state index >= 15 is 0 Å². The number of nitriles is 1. The Morgan fingerprint density at radius 1 is 1.21 bits per heavy atom. The zero-order valence-electron chi connectivity index (χ0n) is 12.6. The molecule has 0 atom stereocenters. The molecule has 2 N–H and O–H groups in total. The summed E-state index contributed by atoms with van der Waals surface area (Å²) >= 11 is 0. The highest BCUT2D eigenvalue weighted by Crippen LogP contribution is 2.14. The number of rotatable bonds is 4. The van der Waals surface area contributed by atoms with E-state index in [2.05, 4.69) is 25.8 Å². The fourth-order valence-corrected chi connectivity index (χ4v) is 1.88. The van der Waals surface area contributed by atoms with Gasteiger partial charge in [0.15, 0.2) is 5.82 Å². The van der Waals surface area contributed by atoms with E-state index in [1.165, 1.54) is 12.4 Å². The fourth-order valence-electron chi connectivity index (χ4n) is 1.88. The molecule has 0 bridgehead atoms. The van der Waals surface area contributed by atoms with Crippen molar-refractivity contribution in [1.82, 2.24) is 15.1 Å². The van der Waals surface area contributed by atoms with Gasteiger partial charge in [0, 0.05) is 24.1 Å². The highest BCUT2D eigenvalue weighted by molar-refractivity contribution is 6.03. The number of aryl methyl sites for hydroxylation is 1. The second-order valence-corrected chi connectivity index (χ2v) is 4.89. The summed E-state index contributed by atoms with van der Waals surface area (Å²) in [5.41, 5.74) is 1.60. The maximum Gasteiger partial charge on any atom is 0.260 e. The van der Waals surface area contributed by atoms with E-state index < -0.39 is 0 Å². The van der Waals surface area contributed by atoms with Gasteiger partial charge in [0.05, 0.1) is 17.2 Å². The van der Waals surface area contributed by atoms with Crippen molar-refractivity contribution >= 4 is 23.4 Å². The lowest BCUT2D eigenvalue weighted by atomic mass is 10.2. The number of hydrogen-bond donors (Lipinski definition) is 2. The van der Waals surface area contributed by atoms with E-state index in [-0.39, 0.29) is 5.91 Å². The first-order valence-corrected chi connectivity index (χ1v) is 6.98. The van der Waals surface area contributed by atoms with Gasteiger partial charge in [-0.15, -0.1) is 0 Å². The first-order chi connectivity index (χ1) is 11.6. The molecule has 0 saturated heterocycles. The average molecular weight is 320 g/mol. The number of benzene rings is 1. The molecule has 0 radical (unpaired) electrons. The monoisotopic (exact) mass is 320 g/mol. The average Bonchev–Trinajstić information content (AvgIpc) is 3.01. The van der Waals surface area contributed by atoms with Crippen LogP contribution in [0.3, 0.4) is 0 Å². The Balaban J connectivity index is 1.66. The van der Waals surface area contributed by atoms with Crippen molar-refractivity contribution in [2.45, 2.75) is 6.92 Å². The number of nitrogens with zero attached hydrogens (tertiary/aromatic N) is 4. The predicted molar refractivity (Wildman–Crippen MR) is 85.7 cm³/mol. The van der Waals surface area contributed by atoms with Crippen molar-refractivity contribution in [3.63, 3.8) is 0 Å². The summed E-state index contributed by atoms with van der Waals surface area (Å²) in [6.45, 7) is 1.73. The summed E-state index contributed by atoms with van der Waals surface area (Å²) in [5.74, 6) is 0.891. The lowest BCUT2D eigenvalue weighted by Crippen LogP contribution is -2.13. The standard InChI is InChI=1S/C16H12N6O2/c1-10-6-14(22-24-10)21-15(23)12-8-18-16(19-9-12)20-13-4-2-11(7-17)3-5-13/h2-6,8-9H,1H3,(H,18,19,20)(H,21,22,23). The number of anilines is 3. The third-order valence-corrected chi connectivity index (χ3v) is 3.05. The molecule has 1 aromatic carbocycles. The third-order valence-electron chi connectivity index (χ3n) is 3.05.